The van der Waals surface area contributed by atoms with Gasteiger partial charge in [0.1, 0.15) is 5.75 Å². The van der Waals surface area contributed by atoms with Crippen molar-refractivity contribution in [2.45, 2.75) is 90.9 Å². The van der Waals surface area contributed by atoms with E-state index in [4.69, 9.17) is 5.73 Å². The Bertz CT molecular complexity index is 555. The highest BCUT2D eigenvalue weighted by atomic mass is 16.3. The highest BCUT2D eigenvalue weighted by molar-refractivity contribution is 5.64. The Hall–Kier alpha value is -1.18. The molecule has 0 radical (unpaired) electrons. The zero-order valence-electron chi connectivity index (χ0n) is 15.9. The molecule has 23 heavy (non-hydrogen) atoms. The first-order valence-corrected chi connectivity index (χ1v) is 9.17. The number of rotatable bonds is 2. The first-order chi connectivity index (χ1) is 10.5. The molecule has 2 rings (SSSR count). The van der Waals surface area contributed by atoms with Crippen LogP contribution in [0.4, 0.5) is 5.69 Å². The standard InChI is InChI=1S/C21H35NO/c1-20(2,3)16-13-17(22)19(23)18(21(4,5)6)15(16)12-14-10-8-7-9-11-14/h13-14,23H,7-12,22H2,1-6H3. The fourth-order valence-electron chi connectivity index (χ4n) is 4.10. The van der Waals surface area contributed by atoms with Gasteiger partial charge in [0.2, 0.25) is 0 Å². The Morgan fingerprint density at radius 1 is 1.00 bits per heavy atom. The molecule has 1 aliphatic carbocycles. The minimum atomic E-state index is -0.108. The number of nitrogen functional groups attached to an aromatic ring is 1. The lowest BCUT2D eigenvalue weighted by Crippen LogP contribution is -2.24. The lowest BCUT2D eigenvalue weighted by atomic mass is 9.72. The Balaban J connectivity index is 2.60. The second-order valence-electron chi connectivity index (χ2n) is 9.42. The van der Waals surface area contributed by atoms with Gasteiger partial charge in [0.15, 0.2) is 0 Å². The van der Waals surface area contributed by atoms with Crippen molar-refractivity contribution in [3.63, 3.8) is 0 Å². The van der Waals surface area contributed by atoms with Crippen molar-refractivity contribution in [1.29, 1.82) is 0 Å². The topological polar surface area (TPSA) is 46.2 Å². The molecule has 0 bridgehead atoms. The predicted molar refractivity (Wildman–Crippen MR) is 100 cm³/mol. The van der Waals surface area contributed by atoms with Crippen molar-refractivity contribution >= 4 is 5.69 Å². The van der Waals surface area contributed by atoms with Crippen LogP contribution in [0.2, 0.25) is 0 Å². The summed E-state index contributed by atoms with van der Waals surface area (Å²) in [6.07, 6.45) is 7.79. The van der Waals surface area contributed by atoms with Crippen molar-refractivity contribution in [3.8, 4) is 5.75 Å². The summed E-state index contributed by atoms with van der Waals surface area (Å²) in [4.78, 5) is 0. The summed E-state index contributed by atoms with van der Waals surface area (Å²) in [5, 5.41) is 10.7. The number of nitrogens with two attached hydrogens (primary N) is 1. The number of benzene rings is 1. The van der Waals surface area contributed by atoms with Crippen molar-refractivity contribution in [2.75, 3.05) is 5.73 Å². The average Bonchev–Trinajstić information content (AvgIpc) is 2.41. The number of phenols is 1. The van der Waals surface area contributed by atoms with E-state index in [1.807, 2.05) is 6.07 Å². The Kier molecular flexibility index (Phi) is 5.03. The quantitative estimate of drug-likeness (QED) is 0.543. The fourth-order valence-corrected chi connectivity index (χ4v) is 4.10. The van der Waals surface area contributed by atoms with E-state index in [1.165, 1.54) is 43.2 Å². The van der Waals surface area contributed by atoms with E-state index >= 15 is 0 Å². The van der Waals surface area contributed by atoms with E-state index < -0.39 is 0 Å². The van der Waals surface area contributed by atoms with Crippen molar-refractivity contribution in [3.05, 3.63) is 22.8 Å². The van der Waals surface area contributed by atoms with Crippen LogP contribution in [0.1, 0.15) is 90.3 Å². The Morgan fingerprint density at radius 2 is 1.57 bits per heavy atom. The van der Waals surface area contributed by atoms with E-state index in [-0.39, 0.29) is 10.8 Å². The largest absolute Gasteiger partial charge is 0.505 e. The number of hydrogen-bond donors (Lipinski definition) is 2. The molecular formula is C21H35NO. The van der Waals surface area contributed by atoms with Gasteiger partial charge in [-0.15, -0.1) is 0 Å². The zero-order valence-corrected chi connectivity index (χ0v) is 15.9. The summed E-state index contributed by atoms with van der Waals surface area (Å²) in [5.41, 5.74) is 10.3. The summed E-state index contributed by atoms with van der Waals surface area (Å²) in [6, 6.07) is 2.02. The third-order valence-corrected chi connectivity index (χ3v) is 5.21. The van der Waals surface area contributed by atoms with E-state index in [0.717, 1.165) is 17.9 Å². The maximum absolute atomic E-state index is 10.7. The molecule has 0 spiro atoms. The maximum atomic E-state index is 10.7. The van der Waals surface area contributed by atoms with E-state index in [1.54, 1.807) is 0 Å². The molecule has 1 fully saturated rings. The molecular weight excluding hydrogens is 282 g/mol. The molecule has 1 saturated carbocycles. The second-order valence-corrected chi connectivity index (χ2v) is 9.42. The highest BCUT2D eigenvalue weighted by Gasteiger charge is 2.31. The number of anilines is 1. The minimum absolute atomic E-state index is 0.0336. The van der Waals surface area contributed by atoms with Crippen LogP contribution in [0.5, 0.6) is 5.75 Å². The first-order valence-electron chi connectivity index (χ1n) is 9.17. The van der Waals surface area contributed by atoms with Gasteiger partial charge in [-0.25, -0.2) is 0 Å². The van der Waals surface area contributed by atoms with Crippen molar-refractivity contribution < 1.29 is 5.11 Å². The monoisotopic (exact) mass is 317 g/mol. The summed E-state index contributed by atoms with van der Waals surface area (Å²) in [6.45, 7) is 13.3. The summed E-state index contributed by atoms with van der Waals surface area (Å²) >= 11 is 0. The van der Waals surface area contributed by atoms with Gasteiger partial charge in [-0.2, -0.15) is 0 Å². The van der Waals surface area contributed by atoms with Gasteiger partial charge in [-0.05, 0) is 40.4 Å². The maximum Gasteiger partial charge on any atom is 0.142 e. The van der Waals surface area contributed by atoms with Crippen LogP contribution in [0.25, 0.3) is 0 Å². The number of hydrogen-bond acceptors (Lipinski definition) is 2. The van der Waals surface area contributed by atoms with E-state index in [2.05, 4.69) is 41.5 Å². The predicted octanol–water partition coefficient (Wildman–Crippen LogP) is 5.69. The van der Waals surface area contributed by atoms with Gasteiger partial charge < -0.3 is 10.8 Å². The van der Waals surface area contributed by atoms with E-state index in [0.29, 0.717) is 11.4 Å². The van der Waals surface area contributed by atoms with Crippen LogP contribution in [0.15, 0.2) is 6.07 Å². The summed E-state index contributed by atoms with van der Waals surface area (Å²) in [5.74, 6) is 1.05. The minimum Gasteiger partial charge on any atom is -0.505 e. The Morgan fingerprint density at radius 3 is 2.04 bits per heavy atom. The Labute approximate surface area is 142 Å². The highest BCUT2D eigenvalue weighted by Crippen LogP contribution is 2.44. The van der Waals surface area contributed by atoms with Gasteiger partial charge in [-0.3, -0.25) is 0 Å². The molecule has 2 nitrogen and oxygen atoms in total. The van der Waals surface area contributed by atoms with Gasteiger partial charge in [0.25, 0.3) is 0 Å². The number of phenolic OH excluding ortho intramolecular Hbond substituents is 1. The molecule has 0 atom stereocenters. The van der Waals surface area contributed by atoms with Crippen LogP contribution in [-0.2, 0) is 17.3 Å². The molecule has 1 aliphatic rings. The first kappa shape index (κ1) is 18.2. The molecule has 2 heteroatoms. The molecule has 3 N–H and O–H groups in total. The van der Waals surface area contributed by atoms with Crippen LogP contribution in [-0.4, -0.2) is 5.11 Å². The van der Waals surface area contributed by atoms with Crippen LogP contribution in [0, 0.1) is 5.92 Å². The molecule has 0 heterocycles. The number of aromatic hydroxyl groups is 1. The molecule has 0 aromatic heterocycles. The smallest absolute Gasteiger partial charge is 0.142 e. The molecule has 0 saturated heterocycles. The summed E-state index contributed by atoms with van der Waals surface area (Å²) < 4.78 is 0. The molecule has 0 amide bonds. The lowest BCUT2D eigenvalue weighted by molar-refractivity contribution is 0.350. The lowest BCUT2D eigenvalue weighted by Gasteiger charge is -2.34. The van der Waals surface area contributed by atoms with Crippen molar-refractivity contribution in [2.24, 2.45) is 5.92 Å². The van der Waals surface area contributed by atoms with Crippen LogP contribution in [0.3, 0.4) is 0 Å². The molecule has 1 aromatic rings. The third-order valence-electron chi connectivity index (χ3n) is 5.21. The van der Waals surface area contributed by atoms with E-state index in [9.17, 15) is 5.11 Å². The fraction of sp³-hybridized carbons (Fsp3) is 0.714. The molecule has 0 aliphatic heterocycles. The third kappa shape index (κ3) is 4.02. The summed E-state index contributed by atoms with van der Waals surface area (Å²) in [7, 11) is 0. The SMILES string of the molecule is CC(C)(C)c1cc(N)c(O)c(C(C)(C)C)c1CC1CCCCC1. The second kappa shape index (κ2) is 6.37. The normalized spacial score (nSPS) is 17.5. The zero-order chi connectivity index (χ0) is 17.4. The van der Waals surface area contributed by atoms with Crippen molar-refractivity contribution in [1.82, 2.24) is 0 Å². The molecule has 0 unspecified atom stereocenters. The average molecular weight is 318 g/mol. The van der Waals surface area contributed by atoms with Crippen LogP contribution >= 0.6 is 0 Å². The molecule has 1 aromatic carbocycles. The van der Waals surface area contributed by atoms with Gasteiger partial charge in [0.05, 0.1) is 5.69 Å². The van der Waals surface area contributed by atoms with Crippen LogP contribution < -0.4 is 5.73 Å². The van der Waals surface area contributed by atoms with Gasteiger partial charge in [-0.1, -0.05) is 73.6 Å². The van der Waals surface area contributed by atoms with Gasteiger partial charge in [0, 0.05) is 5.56 Å². The van der Waals surface area contributed by atoms with Gasteiger partial charge >= 0.3 is 0 Å². The molecule has 130 valence electrons.